The molecule has 2 aromatic rings. The minimum Gasteiger partial charge on any atom is -0.337 e. The molecule has 2 aromatic carbocycles. The summed E-state index contributed by atoms with van der Waals surface area (Å²) in [7, 11) is -3.17. The smallest absolute Gasteiger partial charge is 0.325 e. The molecule has 0 saturated carbocycles. The number of hydrogen-bond acceptors (Lipinski definition) is 5. The van der Waals surface area contributed by atoms with E-state index >= 15 is 0 Å². The molecule has 4 rings (SSSR count). The number of benzene rings is 2. The summed E-state index contributed by atoms with van der Waals surface area (Å²) in [6.07, 6.45) is 1.94. The first-order chi connectivity index (χ1) is 15.6. The molecule has 4 amide bonds. The summed E-state index contributed by atoms with van der Waals surface area (Å²) in [6, 6.07) is 12.3. The molecule has 0 aliphatic carbocycles. The summed E-state index contributed by atoms with van der Waals surface area (Å²) in [5.74, 6) is -0.920. The number of unbranched alkanes of at least 4 members (excludes halogenated alkanes) is 1. The van der Waals surface area contributed by atoms with Gasteiger partial charge in [-0.3, -0.25) is 14.5 Å². The quantitative estimate of drug-likeness (QED) is 0.625. The number of sulfone groups is 1. The van der Waals surface area contributed by atoms with Crippen LogP contribution in [-0.2, 0) is 25.0 Å². The van der Waals surface area contributed by atoms with Crippen LogP contribution in [0, 0.1) is 0 Å². The molecule has 0 bridgehead atoms. The Balaban J connectivity index is 1.55. The van der Waals surface area contributed by atoms with Crippen molar-refractivity contribution in [1.29, 1.82) is 0 Å². The highest BCUT2D eigenvalue weighted by Crippen LogP contribution is 2.31. The molecule has 0 aromatic heterocycles. The van der Waals surface area contributed by atoms with Crippen molar-refractivity contribution >= 4 is 38.5 Å². The van der Waals surface area contributed by atoms with Gasteiger partial charge in [0.15, 0.2) is 9.84 Å². The maximum Gasteiger partial charge on any atom is 0.325 e. The number of rotatable bonds is 7. The minimum absolute atomic E-state index is 0.0523. The fourth-order valence-electron chi connectivity index (χ4n) is 4.62. The molecular weight excluding hydrogens is 442 g/mol. The Morgan fingerprint density at radius 1 is 1.18 bits per heavy atom. The lowest BCUT2D eigenvalue weighted by Gasteiger charge is -2.30. The van der Waals surface area contributed by atoms with Gasteiger partial charge in [-0.25, -0.2) is 13.2 Å². The second-order valence-electron chi connectivity index (χ2n) is 9.01. The van der Waals surface area contributed by atoms with Crippen LogP contribution in [0.3, 0.4) is 0 Å². The molecule has 2 aliphatic rings. The molecule has 2 unspecified atom stereocenters. The van der Waals surface area contributed by atoms with Gasteiger partial charge in [0.25, 0.3) is 5.91 Å². The highest BCUT2D eigenvalue weighted by Gasteiger charge is 2.50. The van der Waals surface area contributed by atoms with E-state index in [4.69, 9.17) is 0 Å². The number of nitrogens with zero attached hydrogens (tertiary/aromatic N) is 2. The van der Waals surface area contributed by atoms with Crippen molar-refractivity contribution in [2.75, 3.05) is 24.6 Å². The summed E-state index contributed by atoms with van der Waals surface area (Å²) < 4.78 is 23.9. The van der Waals surface area contributed by atoms with Gasteiger partial charge in [0.2, 0.25) is 5.91 Å². The molecular formula is C24H29N3O5S. The predicted octanol–water partition coefficient (Wildman–Crippen LogP) is 2.42. The standard InChI is InChI=1S/C24H29N3O5S/c1-3-4-12-26(20-11-13-33(31,32)16-20)21(28)15-27-22(29)24(2,25-23(27)30)19-10-9-17-7-5-6-8-18(17)14-19/h5-10,14,20H,3-4,11-13,15-16H2,1-2H3,(H,25,30). The zero-order valence-electron chi connectivity index (χ0n) is 18.9. The van der Waals surface area contributed by atoms with E-state index in [-0.39, 0.29) is 11.5 Å². The Kier molecular flexibility index (Phi) is 6.18. The van der Waals surface area contributed by atoms with E-state index in [1.54, 1.807) is 11.8 Å². The first kappa shape index (κ1) is 23.2. The van der Waals surface area contributed by atoms with E-state index in [0.717, 1.165) is 28.5 Å². The maximum atomic E-state index is 13.3. The number of amides is 4. The molecule has 2 fully saturated rings. The van der Waals surface area contributed by atoms with Gasteiger partial charge in [0.05, 0.1) is 11.5 Å². The lowest BCUT2D eigenvalue weighted by Crippen LogP contribution is -2.48. The lowest BCUT2D eigenvalue weighted by atomic mass is 9.90. The molecule has 2 heterocycles. The monoisotopic (exact) mass is 471 g/mol. The highest BCUT2D eigenvalue weighted by molar-refractivity contribution is 7.91. The highest BCUT2D eigenvalue weighted by atomic mass is 32.2. The molecule has 2 atom stereocenters. The van der Waals surface area contributed by atoms with Crippen molar-refractivity contribution in [2.24, 2.45) is 0 Å². The topological polar surface area (TPSA) is 104 Å². The molecule has 2 saturated heterocycles. The Bertz CT molecular complexity index is 1210. The maximum absolute atomic E-state index is 13.3. The summed E-state index contributed by atoms with van der Waals surface area (Å²) >= 11 is 0. The number of carbonyl (C=O) groups excluding carboxylic acids is 3. The summed E-state index contributed by atoms with van der Waals surface area (Å²) in [5.41, 5.74) is -0.647. The van der Waals surface area contributed by atoms with Gasteiger partial charge < -0.3 is 10.2 Å². The van der Waals surface area contributed by atoms with Crippen molar-refractivity contribution in [1.82, 2.24) is 15.1 Å². The van der Waals surface area contributed by atoms with Crippen LogP contribution < -0.4 is 5.32 Å². The van der Waals surface area contributed by atoms with Gasteiger partial charge >= 0.3 is 6.03 Å². The normalized spacial score (nSPS) is 24.3. The Labute approximate surface area is 193 Å². The molecule has 8 nitrogen and oxygen atoms in total. The van der Waals surface area contributed by atoms with Crippen molar-refractivity contribution in [3.8, 4) is 0 Å². The molecule has 2 aliphatic heterocycles. The predicted molar refractivity (Wildman–Crippen MR) is 125 cm³/mol. The lowest BCUT2D eigenvalue weighted by molar-refractivity contribution is -0.140. The van der Waals surface area contributed by atoms with Crippen LogP contribution in [-0.4, -0.2) is 66.7 Å². The van der Waals surface area contributed by atoms with E-state index in [2.05, 4.69) is 5.32 Å². The third-order valence-electron chi connectivity index (χ3n) is 6.62. The number of hydrogen-bond donors (Lipinski definition) is 1. The number of carbonyl (C=O) groups is 3. The molecule has 1 N–H and O–H groups in total. The van der Waals surface area contributed by atoms with Crippen LogP contribution in [0.15, 0.2) is 42.5 Å². The SMILES string of the molecule is CCCCN(C(=O)CN1C(=O)NC(C)(c2ccc3ccccc3c2)C1=O)C1CCS(=O)(=O)C1. The van der Waals surface area contributed by atoms with E-state index in [0.29, 0.717) is 18.5 Å². The van der Waals surface area contributed by atoms with Gasteiger partial charge in [0.1, 0.15) is 12.1 Å². The van der Waals surface area contributed by atoms with Crippen LogP contribution in [0.25, 0.3) is 10.8 Å². The Morgan fingerprint density at radius 3 is 2.58 bits per heavy atom. The van der Waals surface area contributed by atoms with Gasteiger partial charge in [-0.1, -0.05) is 49.7 Å². The van der Waals surface area contributed by atoms with Crippen molar-refractivity contribution in [2.45, 2.75) is 44.7 Å². The fourth-order valence-corrected chi connectivity index (χ4v) is 6.35. The van der Waals surface area contributed by atoms with Crippen LogP contribution in [0.2, 0.25) is 0 Å². The van der Waals surface area contributed by atoms with Gasteiger partial charge in [0, 0.05) is 12.6 Å². The largest absolute Gasteiger partial charge is 0.337 e. The fraction of sp³-hybridized carbons (Fsp3) is 0.458. The zero-order valence-corrected chi connectivity index (χ0v) is 19.7. The molecule has 9 heteroatoms. The van der Waals surface area contributed by atoms with Crippen molar-refractivity contribution in [3.05, 3.63) is 48.0 Å². The van der Waals surface area contributed by atoms with Crippen molar-refractivity contribution in [3.63, 3.8) is 0 Å². The van der Waals surface area contributed by atoms with Crippen LogP contribution in [0.1, 0.15) is 38.7 Å². The van der Waals surface area contributed by atoms with Gasteiger partial charge in [-0.2, -0.15) is 0 Å². The molecule has 0 radical (unpaired) electrons. The third-order valence-corrected chi connectivity index (χ3v) is 8.37. The zero-order chi connectivity index (χ0) is 23.8. The Morgan fingerprint density at radius 2 is 1.91 bits per heavy atom. The average molecular weight is 472 g/mol. The third kappa shape index (κ3) is 4.46. The molecule has 33 heavy (non-hydrogen) atoms. The van der Waals surface area contributed by atoms with E-state index in [1.165, 1.54) is 0 Å². The molecule has 0 spiro atoms. The number of urea groups is 1. The summed E-state index contributed by atoms with van der Waals surface area (Å²) in [4.78, 5) is 41.8. The van der Waals surface area contributed by atoms with E-state index in [1.807, 2.05) is 49.4 Å². The van der Waals surface area contributed by atoms with E-state index in [9.17, 15) is 22.8 Å². The van der Waals surface area contributed by atoms with Crippen molar-refractivity contribution < 1.29 is 22.8 Å². The number of fused-ring (bicyclic) bond motifs is 1. The second kappa shape index (κ2) is 8.78. The minimum atomic E-state index is -3.17. The Hall–Kier alpha value is -2.94. The van der Waals surface area contributed by atoms with E-state index < -0.39 is 45.8 Å². The van der Waals surface area contributed by atoms with Gasteiger partial charge in [-0.05, 0) is 42.2 Å². The average Bonchev–Trinajstić information content (AvgIpc) is 3.25. The first-order valence-corrected chi connectivity index (χ1v) is 13.1. The number of nitrogens with one attached hydrogen (secondary N) is 1. The number of imide groups is 1. The van der Waals surface area contributed by atoms with Gasteiger partial charge in [-0.15, -0.1) is 0 Å². The van der Waals surface area contributed by atoms with Crippen LogP contribution >= 0.6 is 0 Å². The summed E-state index contributed by atoms with van der Waals surface area (Å²) in [6.45, 7) is 3.62. The van der Waals surface area contributed by atoms with Crippen LogP contribution in [0.4, 0.5) is 4.79 Å². The second-order valence-corrected chi connectivity index (χ2v) is 11.2. The summed E-state index contributed by atoms with van der Waals surface area (Å²) in [5, 5.41) is 4.72. The first-order valence-electron chi connectivity index (χ1n) is 11.3. The van der Waals surface area contributed by atoms with Crippen LogP contribution in [0.5, 0.6) is 0 Å². The molecule has 176 valence electrons.